The molecule has 0 aliphatic carbocycles. The summed E-state index contributed by atoms with van der Waals surface area (Å²) in [5.74, 6) is -0.818. The Bertz CT molecular complexity index is 863. The highest BCUT2D eigenvalue weighted by atomic mass is 35.5. The highest BCUT2D eigenvalue weighted by molar-refractivity contribution is 6.36. The number of nitrogens with one attached hydrogen (secondary N) is 1. The van der Waals surface area contributed by atoms with E-state index >= 15 is 0 Å². The molecule has 0 unspecified atom stereocenters. The van der Waals surface area contributed by atoms with Crippen molar-refractivity contribution in [2.24, 2.45) is 0 Å². The van der Waals surface area contributed by atoms with Gasteiger partial charge < -0.3 is 9.84 Å². The van der Waals surface area contributed by atoms with Crippen LogP contribution in [0.3, 0.4) is 0 Å². The summed E-state index contributed by atoms with van der Waals surface area (Å²) in [5.41, 5.74) is 0.989. The van der Waals surface area contributed by atoms with Crippen molar-refractivity contribution in [2.45, 2.75) is 11.9 Å². The van der Waals surface area contributed by atoms with Crippen molar-refractivity contribution in [1.82, 2.24) is 20.1 Å². The Balaban J connectivity index is 1.71. The standard InChI is InChI=1S/C14H8Cl3F2N5O/c15-9-2-1-3-10(16)8(9)6-22-13-20-4-7(5-21-13)11-23-12(25-24-11)14(17,18)19/h1-5H,6H2,(H,20,21,22). The Morgan fingerprint density at radius 2 is 1.76 bits per heavy atom. The van der Waals surface area contributed by atoms with E-state index in [0.717, 1.165) is 0 Å². The zero-order valence-electron chi connectivity index (χ0n) is 12.2. The summed E-state index contributed by atoms with van der Waals surface area (Å²) in [6.07, 6.45) is 2.70. The van der Waals surface area contributed by atoms with Crippen LogP contribution < -0.4 is 5.32 Å². The summed E-state index contributed by atoms with van der Waals surface area (Å²) in [4.78, 5) is 11.6. The Hall–Kier alpha value is -2.03. The average molecular weight is 407 g/mol. The topological polar surface area (TPSA) is 76.7 Å². The zero-order chi connectivity index (χ0) is 18.0. The first-order valence-electron chi connectivity index (χ1n) is 6.74. The maximum Gasteiger partial charge on any atom is 0.400 e. The van der Waals surface area contributed by atoms with Crippen LogP contribution in [0.2, 0.25) is 10.0 Å². The number of aromatic nitrogens is 4. The van der Waals surface area contributed by atoms with Crippen LogP contribution in [0.4, 0.5) is 14.7 Å². The van der Waals surface area contributed by atoms with Crippen LogP contribution in [-0.4, -0.2) is 20.1 Å². The van der Waals surface area contributed by atoms with E-state index < -0.39 is 11.3 Å². The lowest BCUT2D eigenvalue weighted by Gasteiger charge is -2.08. The third kappa shape index (κ3) is 4.15. The van der Waals surface area contributed by atoms with Gasteiger partial charge in [0.25, 0.3) is 0 Å². The average Bonchev–Trinajstić information content (AvgIpc) is 3.05. The van der Waals surface area contributed by atoms with Crippen molar-refractivity contribution in [3.8, 4) is 11.4 Å². The first-order valence-corrected chi connectivity index (χ1v) is 7.88. The molecule has 2 heterocycles. The molecule has 6 nitrogen and oxygen atoms in total. The number of hydrogen-bond donors (Lipinski definition) is 1. The number of alkyl halides is 3. The summed E-state index contributed by atoms with van der Waals surface area (Å²) >= 11 is 17.0. The van der Waals surface area contributed by atoms with Gasteiger partial charge in [0.15, 0.2) is 0 Å². The molecule has 0 atom stereocenters. The summed E-state index contributed by atoms with van der Waals surface area (Å²) < 4.78 is 30.2. The summed E-state index contributed by atoms with van der Waals surface area (Å²) in [5, 5.41) is 3.66. The molecular formula is C14H8Cl3F2N5O. The van der Waals surface area contributed by atoms with Crippen molar-refractivity contribution in [2.75, 3.05) is 5.32 Å². The minimum atomic E-state index is -3.73. The van der Waals surface area contributed by atoms with Crippen molar-refractivity contribution in [1.29, 1.82) is 0 Å². The second-order valence-corrected chi connectivity index (χ2v) is 6.06. The molecule has 0 spiro atoms. The van der Waals surface area contributed by atoms with Gasteiger partial charge in [-0.05, 0) is 23.7 Å². The monoisotopic (exact) mass is 405 g/mol. The Morgan fingerprint density at radius 3 is 2.32 bits per heavy atom. The largest absolute Gasteiger partial charge is 0.400 e. The van der Waals surface area contributed by atoms with Gasteiger partial charge in [0.05, 0.1) is 5.56 Å². The SMILES string of the molecule is FC(F)(Cl)c1nc(-c2cnc(NCc3c(Cl)cccc3Cl)nc2)no1. The van der Waals surface area contributed by atoms with Gasteiger partial charge in [0, 0.05) is 34.5 Å². The van der Waals surface area contributed by atoms with Gasteiger partial charge in [0.2, 0.25) is 11.8 Å². The third-order valence-corrected chi connectivity index (χ3v) is 3.93. The molecule has 0 saturated carbocycles. The normalized spacial score (nSPS) is 11.6. The van der Waals surface area contributed by atoms with Crippen LogP contribution in [0.5, 0.6) is 0 Å². The van der Waals surface area contributed by atoms with Gasteiger partial charge in [0.1, 0.15) is 0 Å². The fourth-order valence-corrected chi connectivity index (χ4v) is 2.47. The summed E-state index contributed by atoms with van der Waals surface area (Å²) in [7, 11) is 0. The molecule has 0 bridgehead atoms. The minimum absolute atomic E-state index is 0.101. The van der Waals surface area contributed by atoms with Crippen molar-refractivity contribution in [3.63, 3.8) is 0 Å². The molecule has 3 rings (SSSR count). The molecular weight excluding hydrogens is 399 g/mol. The summed E-state index contributed by atoms with van der Waals surface area (Å²) in [6.45, 7) is 0.308. The van der Waals surface area contributed by atoms with E-state index in [1.807, 2.05) is 0 Å². The molecule has 1 aromatic carbocycles. The van der Waals surface area contributed by atoms with E-state index in [4.69, 9.17) is 34.8 Å². The zero-order valence-corrected chi connectivity index (χ0v) is 14.4. The van der Waals surface area contributed by atoms with Crippen LogP contribution in [0.1, 0.15) is 11.5 Å². The smallest absolute Gasteiger partial charge is 0.350 e. The third-order valence-electron chi connectivity index (χ3n) is 3.06. The second-order valence-electron chi connectivity index (χ2n) is 4.77. The van der Waals surface area contributed by atoms with E-state index in [0.29, 0.717) is 22.2 Å². The van der Waals surface area contributed by atoms with Crippen LogP contribution in [-0.2, 0) is 11.9 Å². The molecule has 0 amide bonds. The predicted molar refractivity (Wildman–Crippen MR) is 88.9 cm³/mol. The molecule has 0 aliphatic heterocycles. The van der Waals surface area contributed by atoms with E-state index in [1.54, 1.807) is 18.2 Å². The number of halogens is 5. The van der Waals surface area contributed by atoms with Crippen molar-refractivity contribution >= 4 is 40.8 Å². The van der Waals surface area contributed by atoms with E-state index in [2.05, 4.69) is 29.9 Å². The molecule has 11 heteroatoms. The number of hydrogen-bond acceptors (Lipinski definition) is 6. The van der Waals surface area contributed by atoms with Gasteiger partial charge in [-0.15, -0.1) is 0 Å². The van der Waals surface area contributed by atoms with Crippen LogP contribution in [0.25, 0.3) is 11.4 Å². The maximum atomic E-state index is 12.9. The number of benzene rings is 1. The van der Waals surface area contributed by atoms with E-state index in [-0.39, 0.29) is 17.3 Å². The molecule has 0 saturated heterocycles. The lowest BCUT2D eigenvalue weighted by molar-refractivity contribution is 0.0551. The maximum absolute atomic E-state index is 12.9. The van der Waals surface area contributed by atoms with Crippen molar-refractivity contribution < 1.29 is 13.3 Å². The first-order chi connectivity index (χ1) is 11.8. The highest BCUT2D eigenvalue weighted by Crippen LogP contribution is 2.32. The van der Waals surface area contributed by atoms with E-state index in [1.165, 1.54) is 12.4 Å². The minimum Gasteiger partial charge on any atom is -0.350 e. The van der Waals surface area contributed by atoms with Gasteiger partial charge >= 0.3 is 11.3 Å². The highest BCUT2D eigenvalue weighted by Gasteiger charge is 2.35. The van der Waals surface area contributed by atoms with Crippen molar-refractivity contribution in [3.05, 3.63) is 52.1 Å². The Labute approximate surface area is 155 Å². The van der Waals surface area contributed by atoms with Gasteiger partial charge in [-0.25, -0.2) is 9.97 Å². The van der Waals surface area contributed by atoms with Crippen LogP contribution in [0.15, 0.2) is 35.1 Å². The number of nitrogens with zero attached hydrogens (tertiary/aromatic N) is 4. The molecule has 0 fully saturated rings. The predicted octanol–water partition coefficient (Wildman–Crippen LogP) is 4.73. The molecule has 0 radical (unpaired) electrons. The summed E-state index contributed by atoms with van der Waals surface area (Å²) in [6, 6.07) is 5.17. The van der Waals surface area contributed by atoms with Gasteiger partial charge in [-0.2, -0.15) is 13.8 Å². The molecule has 3 aromatic rings. The van der Waals surface area contributed by atoms with Gasteiger partial charge in [-0.3, -0.25) is 0 Å². The van der Waals surface area contributed by atoms with Crippen LogP contribution >= 0.6 is 34.8 Å². The fraction of sp³-hybridized carbons (Fsp3) is 0.143. The molecule has 1 N–H and O–H groups in total. The Morgan fingerprint density at radius 1 is 1.12 bits per heavy atom. The lowest BCUT2D eigenvalue weighted by Crippen LogP contribution is -2.05. The number of rotatable bonds is 5. The Kier molecular flexibility index (Phi) is 5.03. The lowest BCUT2D eigenvalue weighted by atomic mass is 10.2. The van der Waals surface area contributed by atoms with E-state index in [9.17, 15) is 8.78 Å². The quantitative estimate of drug-likeness (QED) is 0.617. The van der Waals surface area contributed by atoms with Gasteiger partial charge in [-0.1, -0.05) is 34.4 Å². The molecule has 0 aliphatic rings. The first kappa shape index (κ1) is 17.8. The fourth-order valence-electron chi connectivity index (χ4n) is 1.86. The number of anilines is 1. The second kappa shape index (κ2) is 7.07. The van der Waals surface area contributed by atoms with Crippen LogP contribution in [0, 0.1) is 0 Å². The molecule has 2 aromatic heterocycles. The molecule has 25 heavy (non-hydrogen) atoms. The molecule has 130 valence electrons.